The highest BCUT2D eigenvalue weighted by molar-refractivity contribution is 5.85. The number of nitrogens with zero attached hydrogens (tertiary/aromatic N) is 3. The van der Waals surface area contributed by atoms with Gasteiger partial charge >= 0.3 is 0 Å². The quantitative estimate of drug-likeness (QED) is 0.678. The summed E-state index contributed by atoms with van der Waals surface area (Å²) in [5.74, 6) is -1.21. The van der Waals surface area contributed by atoms with Crippen LogP contribution < -0.4 is 5.32 Å². The molecule has 1 unspecified atom stereocenters. The molecule has 1 rings (SSSR count). The maximum atomic E-state index is 11.1. The average molecular weight is 176 g/mol. The van der Waals surface area contributed by atoms with Crippen molar-refractivity contribution in [3.8, 4) is 6.07 Å². The van der Waals surface area contributed by atoms with Gasteiger partial charge in [-0.05, 0) is 6.07 Å². The predicted molar refractivity (Wildman–Crippen MR) is 44.5 cm³/mol. The lowest BCUT2D eigenvalue weighted by Gasteiger charge is -2.04. The van der Waals surface area contributed by atoms with Crippen LogP contribution in [0.15, 0.2) is 18.6 Å². The van der Waals surface area contributed by atoms with Gasteiger partial charge in [-0.25, -0.2) is 9.97 Å². The molecule has 0 spiro atoms. The van der Waals surface area contributed by atoms with Crippen LogP contribution in [0.4, 0.5) is 0 Å². The molecule has 0 saturated carbocycles. The molecule has 66 valence electrons. The number of carbonyl (C=O) groups is 1. The first-order valence-electron chi connectivity index (χ1n) is 3.66. The van der Waals surface area contributed by atoms with E-state index in [0.717, 1.165) is 0 Å². The molecule has 0 bridgehead atoms. The molecule has 0 saturated heterocycles. The van der Waals surface area contributed by atoms with Crippen molar-refractivity contribution >= 4 is 5.91 Å². The van der Waals surface area contributed by atoms with Gasteiger partial charge in [-0.2, -0.15) is 5.26 Å². The van der Waals surface area contributed by atoms with Crippen LogP contribution in [0.3, 0.4) is 0 Å². The Balaban J connectivity index is 2.93. The molecule has 5 nitrogen and oxygen atoms in total. The van der Waals surface area contributed by atoms with Crippen molar-refractivity contribution in [2.75, 3.05) is 7.05 Å². The summed E-state index contributed by atoms with van der Waals surface area (Å²) in [6, 6.07) is 3.41. The van der Waals surface area contributed by atoms with Crippen molar-refractivity contribution in [1.29, 1.82) is 5.26 Å². The van der Waals surface area contributed by atoms with Crippen molar-refractivity contribution in [2.45, 2.75) is 5.92 Å². The summed E-state index contributed by atoms with van der Waals surface area (Å²) in [6.45, 7) is 0. The van der Waals surface area contributed by atoms with Crippen LogP contribution >= 0.6 is 0 Å². The molecular weight excluding hydrogens is 168 g/mol. The minimum Gasteiger partial charge on any atom is -0.358 e. The number of nitrogens with one attached hydrogen (secondary N) is 1. The molecule has 0 aliphatic heterocycles. The fourth-order valence-electron chi connectivity index (χ4n) is 0.875. The van der Waals surface area contributed by atoms with E-state index in [4.69, 9.17) is 5.26 Å². The van der Waals surface area contributed by atoms with Crippen LogP contribution in [0, 0.1) is 11.3 Å². The molecule has 0 aliphatic carbocycles. The molecule has 5 heteroatoms. The number of rotatable bonds is 2. The zero-order chi connectivity index (χ0) is 9.68. The second-order valence-corrected chi connectivity index (χ2v) is 2.31. The molecule has 1 aromatic rings. The van der Waals surface area contributed by atoms with Gasteiger partial charge in [0.2, 0.25) is 5.91 Å². The number of carbonyl (C=O) groups excluding carboxylic acids is 1. The third-order valence-corrected chi connectivity index (χ3v) is 1.54. The highest BCUT2D eigenvalue weighted by atomic mass is 16.1. The molecular formula is C8H8N4O. The summed E-state index contributed by atoms with van der Waals surface area (Å²) < 4.78 is 0. The predicted octanol–water partition coefficient (Wildman–Crippen LogP) is -0.170. The van der Waals surface area contributed by atoms with E-state index in [-0.39, 0.29) is 5.91 Å². The van der Waals surface area contributed by atoms with Gasteiger partial charge in [-0.1, -0.05) is 0 Å². The topological polar surface area (TPSA) is 78.7 Å². The van der Waals surface area contributed by atoms with Crippen LogP contribution in [0.2, 0.25) is 0 Å². The SMILES string of the molecule is CNC(=O)C(C#N)c1ccncn1. The first-order chi connectivity index (χ1) is 6.29. The zero-order valence-corrected chi connectivity index (χ0v) is 7.06. The second-order valence-electron chi connectivity index (χ2n) is 2.31. The van der Waals surface area contributed by atoms with Crippen molar-refractivity contribution in [1.82, 2.24) is 15.3 Å². The maximum Gasteiger partial charge on any atom is 0.243 e. The van der Waals surface area contributed by atoms with E-state index >= 15 is 0 Å². The number of likely N-dealkylation sites (N-methyl/N-ethyl adjacent to an activating group) is 1. The van der Waals surface area contributed by atoms with Crippen LogP contribution in [-0.4, -0.2) is 22.9 Å². The van der Waals surface area contributed by atoms with Crippen LogP contribution in [0.5, 0.6) is 0 Å². The van der Waals surface area contributed by atoms with E-state index in [1.54, 1.807) is 6.07 Å². The summed E-state index contributed by atoms with van der Waals surface area (Å²) in [7, 11) is 1.48. The Labute approximate surface area is 75.4 Å². The standard InChI is InChI=1S/C8H8N4O/c1-10-8(13)6(4-9)7-2-3-11-5-12-7/h2-3,5-6H,1H3,(H,10,13). The van der Waals surface area contributed by atoms with Gasteiger partial charge in [-0.3, -0.25) is 4.79 Å². The summed E-state index contributed by atoms with van der Waals surface area (Å²) >= 11 is 0. The fourth-order valence-corrected chi connectivity index (χ4v) is 0.875. The number of hydrogen-bond donors (Lipinski definition) is 1. The van der Waals surface area contributed by atoms with Gasteiger partial charge in [0, 0.05) is 13.2 Å². The number of amides is 1. The van der Waals surface area contributed by atoms with E-state index in [9.17, 15) is 4.79 Å². The molecule has 1 atom stereocenters. The molecule has 0 aliphatic rings. The Hall–Kier alpha value is -1.96. The number of nitriles is 1. The van der Waals surface area contributed by atoms with Gasteiger partial charge in [-0.15, -0.1) is 0 Å². The first-order valence-corrected chi connectivity index (χ1v) is 3.66. The van der Waals surface area contributed by atoms with Gasteiger partial charge in [0.1, 0.15) is 6.33 Å². The minimum absolute atomic E-state index is 0.360. The maximum absolute atomic E-state index is 11.1. The first kappa shape index (κ1) is 9.13. The molecule has 1 amide bonds. The van der Waals surface area contributed by atoms with Gasteiger partial charge in [0.15, 0.2) is 5.92 Å². The normalized spacial score (nSPS) is 11.4. The molecule has 13 heavy (non-hydrogen) atoms. The third kappa shape index (κ3) is 1.99. The molecule has 1 heterocycles. The highest BCUT2D eigenvalue weighted by Gasteiger charge is 2.19. The van der Waals surface area contributed by atoms with Crippen LogP contribution in [0.1, 0.15) is 11.6 Å². The monoisotopic (exact) mass is 176 g/mol. The van der Waals surface area contributed by atoms with Crippen molar-refractivity contribution in [2.24, 2.45) is 0 Å². The average Bonchev–Trinajstić information content (AvgIpc) is 2.20. The fraction of sp³-hybridized carbons (Fsp3) is 0.250. The number of hydrogen-bond acceptors (Lipinski definition) is 4. The second kappa shape index (κ2) is 4.16. The van der Waals surface area contributed by atoms with E-state index in [2.05, 4.69) is 15.3 Å². The van der Waals surface area contributed by atoms with E-state index in [1.807, 2.05) is 6.07 Å². The smallest absolute Gasteiger partial charge is 0.243 e. The Bertz CT molecular complexity index is 330. The van der Waals surface area contributed by atoms with Crippen molar-refractivity contribution < 1.29 is 4.79 Å². The minimum atomic E-state index is -0.854. The third-order valence-electron chi connectivity index (χ3n) is 1.54. The largest absolute Gasteiger partial charge is 0.358 e. The number of aromatic nitrogens is 2. The van der Waals surface area contributed by atoms with Crippen molar-refractivity contribution in [3.63, 3.8) is 0 Å². The Morgan fingerprint density at radius 1 is 1.77 bits per heavy atom. The Morgan fingerprint density at radius 2 is 2.54 bits per heavy atom. The van der Waals surface area contributed by atoms with Crippen molar-refractivity contribution in [3.05, 3.63) is 24.3 Å². The molecule has 0 aromatic carbocycles. The Morgan fingerprint density at radius 3 is 3.00 bits per heavy atom. The Kier molecular flexibility index (Phi) is 2.92. The summed E-state index contributed by atoms with van der Waals surface area (Å²) in [4.78, 5) is 18.7. The molecule has 1 N–H and O–H groups in total. The van der Waals surface area contributed by atoms with Crippen LogP contribution in [0.25, 0.3) is 0 Å². The van der Waals surface area contributed by atoms with E-state index < -0.39 is 5.92 Å². The highest BCUT2D eigenvalue weighted by Crippen LogP contribution is 2.10. The summed E-state index contributed by atoms with van der Waals surface area (Å²) in [6.07, 6.45) is 2.80. The zero-order valence-electron chi connectivity index (χ0n) is 7.06. The lowest BCUT2D eigenvalue weighted by atomic mass is 10.1. The molecule has 1 aromatic heterocycles. The van der Waals surface area contributed by atoms with Gasteiger partial charge in [0.25, 0.3) is 0 Å². The molecule has 0 radical (unpaired) electrons. The van der Waals surface area contributed by atoms with E-state index in [0.29, 0.717) is 5.69 Å². The summed E-state index contributed by atoms with van der Waals surface area (Å²) in [5.41, 5.74) is 0.414. The van der Waals surface area contributed by atoms with Gasteiger partial charge in [0.05, 0.1) is 11.8 Å². The lowest BCUT2D eigenvalue weighted by molar-refractivity contribution is -0.120. The van der Waals surface area contributed by atoms with E-state index in [1.165, 1.54) is 19.6 Å². The van der Waals surface area contributed by atoms with Crippen LogP contribution in [-0.2, 0) is 4.79 Å². The summed E-state index contributed by atoms with van der Waals surface area (Å²) in [5, 5.41) is 11.1. The lowest BCUT2D eigenvalue weighted by Crippen LogP contribution is -2.25. The molecule has 0 fully saturated rings. The van der Waals surface area contributed by atoms with Gasteiger partial charge < -0.3 is 5.32 Å².